The number of methoxy groups -OCH3 is 2. The maximum absolute atomic E-state index is 11.7. The first-order valence-corrected chi connectivity index (χ1v) is 6.89. The number of amides is 1. The van der Waals surface area contributed by atoms with E-state index in [1.54, 1.807) is 20.3 Å². The van der Waals surface area contributed by atoms with Crippen molar-refractivity contribution in [1.29, 1.82) is 0 Å². The van der Waals surface area contributed by atoms with Gasteiger partial charge in [0.25, 0.3) is 0 Å². The van der Waals surface area contributed by atoms with E-state index in [0.717, 1.165) is 5.75 Å². The molecule has 1 amide bonds. The lowest BCUT2D eigenvalue weighted by atomic mass is 10.2. The van der Waals surface area contributed by atoms with E-state index in [1.807, 2.05) is 25.1 Å². The van der Waals surface area contributed by atoms with Crippen LogP contribution >= 0.6 is 0 Å². The molecule has 1 rings (SSSR count). The van der Waals surface area contributed by atoms with Gasteiger partial charge in [-0.1, -0.05) is 6.07 Å². The molecule has 2 atom stereocenters. The molecule has 0 radical (unpaired) electrons. The monoisotopic (exact) mass is 296 g/mol. The van der Waals surface area contributed by atoms with Crippen molar-refractivity contribution in [2.24, 2.45) is 5.73 Å². The zero-order chi connectivity index (χ0) is 15.7. The van der Waals surface area contributed by atoms with Gasteiger partial charge in [-0.2, -0.15) is 0 Å². The van der Waals surface area contributed by atoms with Gasteiger partial charge < -0.3 is 25.3 Å². The van der Waals surface area contributed by atoms with Gasteiger partial charge in [-0.3, -0.25) is 4.79 Å². The number of hydrogen-bond donors (Lipinski definition) is 2. The lowest BCUT2D eigenvalue weighted by molar-refractivity contribution is -0.123. The molecule has 1 aromatic rings. The molecule has 21 heavy (non-hydrogen) atoms. The minimum Gasteiger partial charge on any atom is -0.497 e. The fraction of sp³-hybridized carbons (Fsp3) is 0.533. The van der Waals surface area contributed by atoms with Gasteiger partial charge in [-0.25, -0.2) is 0 Å². The zero-order valence-corrected chi connectivity index (χ0v) is 12.8. The molecule has 0 aliphatic rings. The molecule has 0 aliphatic carbocycles. The van der Waals surface area contributed by atoms with Gasteiger partial charge in [-0.15, -0.1) is 0 Å². The fourth-order valence-electron chi connectivity index (χ4n) is 1.75. The van der Waals surface area contributed by atoms with E-state index in [2.05, 4.69) is 5.32 Å². The Morgan fingerprint density at radius 2 is 2.05 bits per heavy atom. The second-order valence-electron chi connectivity index (χ2n) is 4.71. The van der Waals surface area contributed by atoms with Gasteiger partial charge in [0.05, 0.1) is 26.2 Å². The van der Waals surface area contributed by atoms with E-state index < -0.39 is 0 Å². The average Bonchev–Trinajstić information content (AvgIpc) is 2.50. The van der Waals surface area contributed by atoms with Crippen molar-refractivity contribution < 1.29 is 19.0 Å². The highest BCUT2D eigenvalue weighted by Crippen LogP contribution is 2.19. The van der Waals surface area contributed by atoms with E-state index in [9.17, 15) is 4.79 Å². The first-order valence-electron chi connectivity index (χ1n) is 6.89. The summed E-state index contributed by atoms with van der Waals surface area (Å²) in [7, 11) is 3.14. The van der Waals surface area contributed by atoms with Crippen LogP contribution in [0.2, 0.25) is 0 Å². The molecular weight excluding hydrogens is 272 g/mol. The van der Waals surface area contributed by atoms with Crippen LogP contribution in [0.25, 0.3) is 0 Å². The average molecular weight is 296 g/mol. The Labute approximate surface area is 125 Å². The highest BCUT2D eigenvalue weighted by atomic mass is 16.5. The van der Waals surface area contributed by atoms with E-state index in [0.29, 0.717) is 18.8 Å². The predicted molar refractivity (Wildman–Crippen MR) is 80.6 cm³/mol. The van der Waals surface area contributed by atoms with Crippen molar-refractivity contribution >= 4 is 5.91 Å². The van der Waals surface area contributed by atoms with Crippen LogP contribution in [0.5, 0.6) is 11.5 Å². The Morgan fingerprint density at radius 3 is 2.67 bits per heavy atom. The largest absolute Gasteiger partial charge is 0.497 e. The standard InChI is InChI=1S/C15H24N2O4/c1-11(10-17-15(18)8-14(9-16)20-3)21-13-6-4-5-12(7-13)19-2/h4-7,11,14H,8-10,16H2,1-3H3,(H,17,18). The molecule has 2 unspecified atom stereocenters. The molecule has 118 valence electrons. The first kappa shape index (κ1) is 17.3. The van der Waals surface area contributed by atoms with Crippen LogP contribution < -0.4 is 20.5 Å². The summed E-state index contributed by atoms with van der Waals surface area (Å²) in [6.07, 6.45) is -0.154. The first-order chi connectivity index (χ1) is 10.1. The van der Waals surface area contributed by atoms with Crippen molar-refractivity contribution in [1.82, 2.24) is 5.32 Å². The molecule has 0 fully saturated rings. The van der Waals surface area contributed by atoms with Crippen LogP contribution in [-0.2, 0) is 9.53 Å². The third-order valence-electron chi connectivity index (χ3n) is 2.97. The molecule has 0 aromatic heterocycles. The van der Waals surface area contributed by atoms with Gasteiger partial charge in [0, 0.05) is 19.7 Å². The number of rotatable bonds is 9. The van der Waals surface area contributed by atoms with E-state index in [1.165, 1.54) is 0 Å². The molecule has 0 aliphatic heterocycles. The molecule has 6 heteroatoms. The van der Waals surface area contributed by atoms with Crippen molar-refractivity contribution in [3.63, 3.8) is 0 Å². The summed E-state index contributed by atoms with van der Waals surface area (Å²) >= 11 is 0. The van der Waals surface area contributed by atoms with Crippen LogP contribution in [0.4, 0.5) is 0 Å². The summed E-state index contributed by atoms with van der Waals surface area (Å²) in [6, 6.07) is 7.34. The van der Waals surface area contributed by atoms with Crippen molar-refractivity contribution in [3.8, 4) is 11.5 Å². The second kappa shape index (κ2) is 9.20. The zero-order valence-electron chi connectivity index (χ0n) is 12.8. The number of nitrogens with two attached hydrogens (primary N) is 1. The highest BCUT2D eigenvalue weighted by molar-refractivity contribution is 5.76. The summed E-state index contributed by atoms with van der Waals surface area (Å²) < 4.78 is 15.9. The maximum Gasteiger partial charge on any atom is 0.222 e. The van der Waals surface area contributed by atoms with Crippen LogP contribution in [0.1, 0.15) is 13.3 Å². The van der Waals surface area contributed by atoms with Crippen LogP contribution in [0.3, 0.4) is 0 Å². The van der Waals surface area contributed by atoms with Crippen LogP contribution in [0, 0.1) is 0 Å². The summed E-state index contributed by atoms with van der Waals surface area (Å²) in [6.45, 7) is 2.62. The topological polar surface area (TPSA) is 82.8 Å². The van der Waals surface area contributed by atoms with Crippen molar-refractivity contribution in [3.05, 3.63) is 24.3 Å². The predicted octanol–water partition coefficient (Wildman–Crippen LogP) is 0.943. The fourth-order valence-corrected chi connectivity index (χ4v) is 1.75. The summed E-state index contributed by atoms with van der Waals surface area (Å²) in [5, 5.41) is 2.80. The molecular formula is C15H24N2O4. The third-order valence-corrected chi connectivity index (χ3v) is 2.97. The van der Waals surface area contributed by atoms with E-state index >= 15 is 0 Å². The Morgan fingerprint density at radius 1 is 1.33 bits per heavy atom. The molecule has 0 saturated heterocycles. The van der Waals surface area contributed by atoms with Gasteiger partial charge in [0.2, 0.25) is 5.91 Å². The summed E-state index contributed by atoms with van der Waals surface area (Å²) in [4.78, 5) is 11.7. The smallest absolute Gasteiger partial charge is 0.222 e. The quantitative estimate of drug-likeness (QED) is 0.709. The van der Waals surface area contributed by atoms with E-state index in [4.69, 9.17) is 19.9 Å². The number of carbonyl (C=O) groups is 1. The number of benzene rings is 1. The molecule has 1 aromatic carbocycles. The number of carbonyl (C=O) groups excluding carboxylic acids is 1. The molecule has 0 saturated carbocycles. The van der Waals surface area contributed by atoms with Gasteiger partial charge in [0.1, 0.15) is 17.6 Å². The highest BCUT2D eigenvalue weighted by Gasteiger charge is 2.12. The lowest BCUT2D eigenvalue weighted by Gasteiger charge is -2.17. The van der Waals surface area contributed by atoms with Gasteiger partial charge in [0.15, 0.2) is 0 Å². The third kappa shape index (κ3) is 6.46. The Bertz CT molecular complexity index is 435. The van der Waals surface area contributed by atoms with Gasteiger partial charge in [-0.05, 0) is 19.1 Å². The molecule has 6 nitrogen and oxygen atoms in total. The normalized spacial score (nSPS) is 13.3. The second-order valence-corrected chi connectivity index (χ2v) is 4.71. The van der Waals surface area contributed by atoms with E-state index in [-0.39, 0.29) is 24.5 Å². The minimum absolute atomic E-state index is 0.103. The number of hydrogen-bond acceptors (Lipinski definition) is 5. The van der Waals surface area contributed by atoms with Gasteiger partial charge >= 0.3 is 0 Å². The Balaban J connectivity index is 2.36. The number of ether oxygens (including phenoxy) is 3. The SMILES string of the molecule is COc1cccc(OC(C)CNC(=O)CC(CN)OC)c1. The Kier molecular flexibility index (Phi) is 7.56. The van der Waals surface area contributed by atoms with Crippen molar-refractivity contribution in [2.45, 2.75) is 25.6 Å². The lowest BCUT2D eigenvalue weighted by Crippen LogP contribution is -2.37. The Hall–Kier alpha value is -1.79. The van der Waals surface area contributed by atoms with Crippen molar-refractivity contribution in [2.75, 3.05) is 27.3 Å². The number of nitrogens with one attached hydrogen (secondary N) is 1. The molecule has 0 heterocycles. The summed E-state index contributed by atoms with van der Waals surface area (Å²) in [5.41, 5.74) is 5.48. The summed E-state index contributed by atoms with van der Waals surface area (Å²) in [5.74, 6) is 1.33. The maximum atomic E-state index is 11.7. The minimum atomic E-state index is -0.250. The molecule has 3 N–H and O–H groups in total. The van der Waals surface area contributed by atoms with Crippen LogP contribution in [-0.4, -0.2) is 45.4 Å². The van der Waals surface area contributed by atoms with Crippen LogP contribution in [0.15, 0.2) is 24.3 Å². The molecule has 0 spiro atoms. The molecule has 0 bridgehead atoms.